The van der Waals surface area contributed by atoms with Gasteiger partial charge in [-0.05, 0) is 37.3 Å². The van der Waals surface area contributed by atoms with Crippen LogP contribution >= 0.6 is 15.9 Å². The number of nitrogens with one attached hydrogen (secondary N) is 1. The fourth-order valence-electron chi connectivity index (χ4n) is 2.22. The zero-order valence-electron chi connectivity index (χ0n) is 10.6. The molecule has 1 unspecified atom stereocenters. The van der Waals surface area contributed by atoms with E-state index in [-0.39, 0.29) is 0 Å². The SMILES string of the molecule is C/C(Br)=C(\NCC1=CC=CC=CC1F)C1CCC1. The summed E-state index contributed by atoms with van der Waals surface area (Å²) in [6, 6.07) is 0. The van der Waals surface area contributed by atoms with Crippen molar-refractivity contribution in [2.75, 3.05) is 6.54 Å². The number of halogens is 2. The molecule has 1 N–H and O–H groups in total. The quantitative estimate of drug-likeness (QED) is 0.811. The number of alkyl halides is 1. The fourth-order valence-corrected chi connectivity index (χ4v) is 2.68. The summed E-state index contributed by atoms with van der Waals surface area (Å²) in [5.41, 5.74) is 2.03. The molecular formula is C15H19BrFN. The molecule has 0 bridgehead atoms. The minimum absolute atomic E-state index is 0.574. The van der Waals surface area contributed by atoms with Crippen LogP contribution in [0.5, 0.6) is 0 Å². The lowest BCUT2D eigenvalue weighted by Gasteiger charge is -2.30. The Hall–Kier alpha value is -0.830. The Kier molecular flexibility index (Phi) is 4.81. The van der Waals surface area contributed by atoms with Gasteiger partial charge in [0.15, 0.2) is 0 Å². The molecule has 1 fully saturated rings. The Morgan fingerprint density at radius 3 is 2.78 bits per heavy atom. The van der Waals surface area contributed by atoms with Gasteiger partial charge in [0.2, 0.25) is 0 Å². The highest BCUT2D eigenvalue weighted by Gasteiger charge is 2.23. The molecule has 0 aliphatic heterocycles. The van der Waals surface area contributed by atoms with Crippen molar-refractivity contribution in [1.29, 1.82) is 0 Å². The molecule has 98 valence electrons. The van der Waals surface area contributed by atoms with Gasteiger partial charge in [-0.15, -0.1) is 0 Å². The molecule has 3 heteroatoms. The minimum Gasteiger partial charge on any atom is -0.384 e. The monoisotopic (exact) mass is 311 g/mol. The summed E-state index contributed by atoms with van der Waals surface area (Å²) in [5.74, 6) is 0.625. The third-order valence-corrected chi connectivity index (χ3v) is 3.96. The van der Waals surface area contributed by atoms with Gasteiger partial charge in [0.25, 0.3) is 0 Å². The highest BCUT2D eigenvalue weighted by atomic mass is 79.9. The fraction of sp³-hybridized carbons (Fsp3) is 0.467. The topological polar surface area (TPSA) is 12.0 Å². The summed E-state index contributed by atoms with van der Waals surface area (Å²) < 4.78 is 14.9. The van der Waals surface area contributed by atoms with Crippen LogP contribution < -0.4 is 5.32 Å². The predicted octanol–water partition coefficient (Wildman–Crippen LogP) is 4.39. The summed E-state index contributed by atoms with van der Waals surface area (Å²) >= 11 is 3.55. The molecule has 1 atom stereocenters. The Morgan fingerprint density at radius 1 is 1.39 bits per heavy atom. The smallest absolute Gasteiger partial charge is 0.142 e. The van der Waals surface area contributed by atoms with E-state index < -0.39 is 6.17 Å². The van der Waals surface area contributed by atoms with Gasteiger partial charge >= 0.3 is 0 Å². The number of hydrogen-bond donors (Lipinski definition) is 1. The van der Waals surface area contributed by atoms with E-state index in [1.807, 2.05) is 18.2 Å². The van der Waals surface area contributed by atoms with Gasteiger partial charge in [-0.1, -0.05) is 46.7 Å². The Labute approximate surface area is 117 Å². The van der Waals surface area contributed by atoms with Crippen LogP contribution in [0.3, 0.4) is 0 Å². The molecule has 0 radical (unpaired) electrons. The summed E-state index contributed by atoms with van der Waals surface area (Å²) in [6.07, 6.45) is 11.8. The second kappa shape index (κ2) is 6.37. The maximum absolute atomic E-state index is 13.8. The van der Waals surface area contributed by atoms with E-state index in [1.54, 1.807) is 12.2 Å². The van der Waals surface area contributed by atoms with Crippen LogP contribution in [0.2, 0.25) is 0 Å². The van der Waals surface area contributed by atoms with Crippen LogP contribution in [0.15, 0.2) is 46.1 Å². The molecule has 2 aliphatic rings. The number of rotatable bonds is 4. The maximum Gasteiger partial charge on any atom is 0.142 e. The van der Waals surface area contributed by atoms with E-state index >= 15 is 0 Å². The molecule has 0 aromatic rings. The molecule has 0 heterocycles. The summed E-state index contributed by atoms with van der Waals surface area (Å²) in [4.78, 5) is 0. The van der Waals surface area contributed by atoms with Crippen molar-refractivity contribution in [1.82, 2.24) is 5.32 Å². The summed E-state index contributed by atoms with van der Waals surface area (Å²) in [5, 5.41) is 3.41. The summed E-state index contributed by atoms with van der Waals surface area (Å²) in [6.45, 7) is 2.62. The molecule has 0 spiro atoms. The Bertz CT molecular complexity index is 412. The second-order valence-corrected chi connectivity index (χ2v) is 6.03. The zero-order valence-corrected chi connectivity index (χ0v) is 12.2. The third kappa shape index (κ3) is 3.35. The lowest BCUT2D eigenvalue weighted by atomic mass is 9.82. The van der Waals surface area contributed by atoms with Crippen LogP contribution in [-0.2, 0) is 0 Å². The van der Waals surface area contributed by atoms with Gasteiger partial charge < -0.3 is 5.32 Å². The highest BCUT2D eigenvalue weighted by Crippen LogP contribution is 2.34. The molecule has 18 heavy (non-hydrogen) atoms. The van der Waals surface area contributed by atoms with Crippen LogP contribution in [0, 0.1) is 5.92 Å². The molecule has 2 rings (SSSR count). The first-order chi connectivity index (χ1) is 8.68. The van der Waals surface area contributed by atoms with Crippen molar-refractivity contribution in [2.24, 2.45) is 5.92 Å². The molecule has 2 aliphatic carbocycles. The first-order valence-electron chi connectivity index (χ1n) is 6.46. The second-order valence-electron chi connectivity index (χ2n) is 4.84. The van der Waals surface area contributed by atoms with Gasteiger partial charge in [0.05, 0.1) is 0 Å². The first-order valence-corrected chi connectivity index (χ1v) is 7.26. The van der Waals surface area contributed by atoms with Crippen molar-refractivity contribution in [3.05, 3.63) is 46.1 Å². The predicted molar refractivity (Wildman–Crippen MR) is 78.2 cm³/mol. The molecule has 0 saturated heterocycles. The van der Waals surface area contributed by atoms with Crippen molar-refractivity contribution >= 4 is 15.9 Å². The van der Waals surface area contributed by atoms with Gasteiger partial charge in [-0.25, -0.2) is 4.39 Å². The van der Waals surface area contributed by atoms with Crippen LogP contribution in [0.1, 0.15) is 26.2 Å². The van der Waals surface area contributed by atoms with E-state index in [0.29, 0.717) is 12.5 Å². The average Bonchev–Trinajstić information content (AvgIpc) is 2.46. The molecule has 0 aromatic carbocycles. The molecule has 0 amide bonds. The van der Waals surface area contributed by atoms with E-state index in [1.165, 1.54) is 25.0 Å². The average molecular weight is 312 g/mol. The highest BCUT2D eigenvalue weighted by molar-refractivity contribution is 9.11. The van der Waals surface area contributed by atoms with E-state index in [2.05, 4.69) is 28.2 Å². The van der Waals surface area contributed by atoms with E-state index in [9.17, 15) is 4.39 Å². The normalized spacial score (nSPS) is 25.1. The van der Waals surface area contributed by atoms with Crippen molar-refractivity contribution in [3.63, 3.8) is 0 Å². The zero-order chi connectivity index (χ0) is 13.0. The largest absolute Gasteiger partial charge is 0.384 e. The lowest BCUT2D eigenvalue weighted by molar-refractivity contribution is 0.348. The molecule has 0 aromatic heterocycles. The number of hydrogen-bond acceptors (Lipinski definition) is 1. The number of allylic oxidation sites excluding steroid dienone is 7. The summed E-state index contributed by atoms with van der Waals surface area (Å²) in [7, 11) is 0. The van der Waals surface area contributed by atoms with Crippen LogP contribution in [-0.4, -0.2) is 12.7 Å². The lowest BCUT2D eigenvalue weighted by Crippen LogP contribution is -2.28. The van der Waals surface area contributed by atoms with E-state index in [4.69, 9.17) is 0 Å². The van der Waals surface area contributed by atoms with Gasteiger partial charge in [-0.2, -0.15) is 0 Å². The first kappa shape index (κ1) is 13.6. The third-order valence-electron chi connectivity index (χ3n) is 3.53. The molecular weight excluding hydrogens is 293 g/mol. The Balaban J connectivity index is 1.97. The minimum atomic E-state index is -0.981. The molecule has 1 nitrogen and oxygen atoms in total. The van der Waals surface area contributed by atoms with Crippen LogP contribution in [0.4, 0.5) is 4.39 Å². The molecule has 1 saturated carbocycles. The van der Waals surface area contributed by atoms with Crippen LogP contribution in [0.25, 0.3) is 0 Å². The van der Waals surface area contributed by atoms with E-state index in [0.717, 1.165) is 10.1 Å². The standard InChI is InChI=1S/C15H19BrFN/c1-11(16)15(12-7-5-8-12)18-10-13-6-3-2-4-9-14(13)17/h2-4,6,9,12,14,18H,5,7-8,10H2,1H3/b15-11+. The Morgan fingerprint density at radius 2 is 2.17 bits per heavy atom. The van der Waals surface area contributed by atoms with Gasteiger partial charge in [-0.3, -0.25) is 0 Å². The van der Waals surface area contributed by atoms with Crippen molar-refractivity contribution < 1.29 is 4.39 Å². The van der Waals surface area contributed by atoms with Gasteiger partial charge in [0.1, 0.15) is 6.17 Å². The maximum atomic E-state index is 13.8. The van der Waals surface area contributed by atoms with Crippen molar-refractivity contribution in [2.45, 2.75) is 32.4 Å². The van der Waals surface area contributed by atoms with Gasteiger partial charge in [0, 0.05) is 16.7 Å². The van der Waals surface area contributed by atoms with Crippen molar-refractivity contribution in [3.8, 4) is 0 Å².